The maximum absolute atomic E-state index is 12.3. The number of ether oxygens (including phenoxy) is 1. The van der Waals surface area contributed by atoms with E-state index in [0.29, 0.717) is 18.2 Å². The number of hydrogen-bond donors (Lipinski definition) is 2. The lowest BCUT2D eigenvalue weighted by Gasteiger charge is -2.22. The molecule has 1 fully saturated rings. The molecule has 5 heteroatoms. The lowest BCUT2D eigenvalue weighted by Crippen LogP contribution is -2.29. The lowest BCUT2D eigenvalue weighted by atomic mass is 10.0. The van der Waals surface area contributed by atoms with E-state index in [2.05, 4.69) is 10.1 Å². The van der Waals surface area contributed by atoms with Gasteiger partial charge in [-0.25, -0.2) is 0 Å². The molecule has 0 aromatic heterocycles. The zero-order valence-electron chi connectivity index (χ0n) is 10.1. The van der Waals surface area contributed by atoms with Crippen LogP contribution in [-0.4, -0.2) is 19.2 Å². The molecule has 18 heavy (non-hydrogen) atoms. The molecule has 1 aliphatic rings. The molecular formula is C13H18F2N2O. The van der Waals surface area contributed by atoms with Crippen LogP contribution in [0.2, 0.25) is 0 Å². The Morgan fingerprint density at radius 1 is 1.33 bits per heavy atom. The van der Waals surface area contributed by atoms with Crippen LogP contribution in [0.15, 0.2) is 24.3 Å². The first-order valence-corrected chi connectivity index (χ1v) is 6.21. The number of anilines is 1. The molecule has 2 rings (SSSR count). The monoisotopic (exact) mass is 256 g/mol. The first-order chi connectivity index (χ1) is 8.70. The topological polar surface area (TPSA) is 47.3 Å². The van der Waals surface area contributed by atoms with Crippen LogP contribution in [0.25, 0.3) is 0 Å². The Morgan fingerprint density at radius 2 is 2.11 bits per heavy atom. The van der Waals surface area contributed by atoms with Gasteiger partial charge in [0.05, 0.1) is 5.69 Å². The van der Waals surface area contributed by atoms with Gasteiger partial charge < -0.3 is 15.8 Å². The van der Waals surface area contributed by atoms with Crippen LogP contribution in [-0.2, 0) is 0 Å². The number of benzene rings is 1. The van der Waals surface area contributed by atoms with Gasteiger partial charge in [-0.05, 0) is 37.4 Å². The van der Waals surface area contributed by atoms with Gasteiger partial charge in [0, 0.05) is 6.04 Å². The Bertz CT molecular complexity index is 387. The van der Waals surface area contributed by atoms with Gasteiger partial charge in [-0.15, -0.1) is 0 Å². The van der Waals surface area contributed by atoms with Crippen molar-refractivity contribution in [1.29, 1.82) is 0 Å². The fraction of sp³-hybridized carbons (Fsp3) is 0.538. The number of nitrogens with one attached hydrogen (secondary N) is 1. The van der Waals surface area contributed by atoms with E-state index < -0.39 is 6.61 Å². The zero-order chi connectivity index (χ0) is 13.0. The maximum Gasteiger partial charge on any atom is 0.387 e. The average Bonchev–Trinajstić information content (AvgIpc) is 2.78. The molecule has 100 valence electrons. The lowest BCUT2D eigenvalue weighted by molar-refractivity contribution is -0.0493. The summed E-state index contributed by atoms with van der Waals surface area (Å²) in [7, 11) is 0. The fourth-order valence-corrected chi connectivity index (χ4v) is 2.49. The van der Waals surface area contributed by atoms with E-state index in [1.54, 1.807) is 24.3 Å². The Labute approximate surface area is 105 Å². The highest BCUT2D eigenvalue weighted by Crippen LogP contribution is 2.32. The first-order valence-electron chi connectivity index (χ1n) is 6.21. The van der Waals surface area contributed by atoms with Crippen molar-refractivity contribution in [3.63, 3.8) is 0 Å². The largest absolute Gasteiger partial charge is 0.433 e. The Morgan fingerprint density at radius 3 is 2.83 bits per heavy atom. The molecule has 0 radical (unpaired) electrons. The standard InChI is InChI=1S/C13H18F2N2O/c14-13(15)18-12-7-2-1-5-11(12)17-10-6-3-4-9(10)8-16/h1-2,5,7,9-10,13,17H,3-4,6,8,16H2. The molecule has 0 heterocycles. The van der Waals surface area contributed by atoms with E-state index in [0.717, 1.165) is 19.3 Å². The van der Waals surface area contributed by atoms with E-state index in [1.807, 2.05) is 0 Å². The summed E-state index contributed by atoms with van der Waals surface area (Å²) in [6.45, 7) is -2.18. The number of hydrogen-bond acceptors (Lipinski definition) is 3. The predicted molar refractivity (Wildman–Crippen MR) is 66.9 cm³/mol. The van der Waals surface area contributed by atoms with E-state index in [9.17, 15) is 8.78 Å². The summed E-state index contributed by atoms with van der Waals surface area (Å²) in [5.74, 6) is 0.597. The normalized spacial score (nSPS) is 23.3. The molecule has 2 atom stereocenters. The number of halogens is 2. The van der Waals surface area contributed by atoms with Gasteiger partial charge in [0.25, 0.3) is 0 Å². The third-order valence-electron chi connectivity index (χ3n) is 3.41. The van der Waals surface area contributed by atoms with Gasteiger partial charge in [-0.2, -0.15) is 8.78 Å². The predicted octanol–water partition coefficient (Wildman–Crippen LogP) is 2.83. The van der Waals surface area contributed by atoms with Crippen molar-refractivity contribution in [2.24, 2.45) is 11.7 Å². The van der Waals surface area contributed by atoms with Crippen LogP contribution in [0.1, 0.15) is 19.3 Å². The molecule has 0 saturated heterocycles. The molecule has 1 aromatic rings. The minimum atomic E-state index is -2.80. The van der Waals surface area contributed by atoms with Crippen molar-refractivity contribution in [3.8, 4) is 5.75 Å². The van der Waals surface area contributed by atoms with Crippen LogP contribution in [0.3, 0.4) is 0 Å². The van der Waals surface area contributed by atoms with Gasteiger partial charge in [0.1, 0.15) is 5.75 Å². The third kappa shape index (κ3) is 3.10. The highest BCUT2D eigenvalue weighted by Gasteiger charge is 2.26. The summed E-state index contributed by atoms with van der Waals surface area (Å²) in [5, 5.41) is 3.28. The van der Waals surface area contributed by atoms with Crippen molar-refractivity contribution in [2.45, 2.75) is 31.9 Å². The van der Waals surface area contributed by atoms with Crippen molar-refractivity contribution in [1.82, 2.24) is 0 Å². The zero-order valence-corrected chi connectivity index (χ0v) is 10.1. The summed E-state index contributed by atoms with van der Waals surface area (Å²) in [6.07, 6.45) is 3.23. The highest BCUT2D eigenvalue weighted by atomic mass is 19.3. The van der Waals surface area contributed by atoms with Crippen molar-refractivity contribution in [3.05, 3.63) is 24.3 Å². The summed E-state index contributed by atoms with van der Waals surface area (Å²) < 4.78 is 29.1. The molecule has 1 aliphatic carbocycles. The van der Waals surface area contributed by atoms with E-state index in [1.165, 1.54) is 0 Å². The molecule has 1 aromatic carbocycles. The van der Waals surface area contributed by atoms with Crippen molar-refractivity contribution in [2.75, 3.05) is 11.9 Å². The van der Waals surface area contributed by atoms with Gasteiger partial charge in [0.15, 0.2) is 0 Å². The van der Waals surface area contributed by atoms with E-state index in [4.69, 9.17) is 5.73 Å². The summed E-state index contributed by atoms with van der Waals surface area (Å²) >= 11 is 0. The van der Waals surface area contributed by atoms with Gasteiger partial charge in [-0.1, -0.05) is 18.6 Å². The SMILES string of the molecule is NCC1CCCC1Nc1ccccc1OC(F)F. The van der Waals surface area contributed by atoms with Crippen LogP contribution in [0, 0.1) is 5.92 Å². The molecule has 2 unspecified atom stereocenters. The van der Waals surface area contributed by atoms with E-state index >= 15 is 0 Å². The second-order valence-electron chi connectivity index (χ2n) is 4.55. The second kappa shape index (κ2) is 6.00. The van der Waals surface area contributed by atoms with Gasteiger partial charge >= 0.3 is 6.61 Å². The Kier molecular flexibility index (Phi) is 4.36. The summed E-state index contributed by atoms with van der Waals surface area (Å²) in [5.41, 5.74) is 6.32. The minimum absolute atomic E-state index is 0.190. The summed E-state index contributed by atoms with van der Waals surface area (Å²) in [4.78, 5) is 0. The Balaban J connectivity index is 2.08. The maximum atomic E-state index is 12.3. The fourth-order valence-electron chi connectivity index (χ4n) is 2.49. The molecule has 0 aliphatic heterocycles. The quantitative estimate of drug-likeness (QED) is 0.851. The summed E-state index contributed by atoms with van der Waals surface area (Å²) in [6, 6.07) is 7.02. The van der Waals surface area contributed by atoms with Crippen LogP contribution in [0.4, 0.5) is 14.5 Å². The second-order valence-corrected chi connectivity index (χ2v) is 4.55. The molecule has 3 nitrogen and oxygen atoms in total. The van der Waals surface area contributed by atoms with Crippen LogP contribution < -0.4 is 15.8 Å². The van der Waals surface area contributed by atoms with Gasteiger partial charge in [0.2, 0.25) is 0 Å². The number of alkyl halides is 2. The van der Waals surface area contributed by atoms with E-state index in [-0.39, 0.29) is 11.8 Å². The number of nitrogens with two attached hydrogens (primary N) is 1. The molecule has 0 bridgehead atoms. The first kappa shape index (κ1) is 13.1. The number of para-hydroxylation sites is 2. The van der Waals surface area contributed by atoms with Crippen LogP contribution in [0.5, 0.6) is 5.75 Å². The number of rotatable bonds is 5. The van der Waals surface area contributed by atoms with Crippen molar-refractivity contribution < 1.29 is 13.5 Å². The third-order valence-corrected chi connectivity index (χ3v) is 3.41. The molecule has 3 N–H and O–H groups in total. The molecular weight excluding hydrogens is 238 g/mol. The Hall–Kier alpha value is -1.36. The minimum Gasteiger partial charge on any atom is -0.433 e. The van der Waals surface area contributed by atoms with Crippen LogP contribution >= 0.6 is 0 Å². The molecule has 0 amide bonds. The smallest absolute Gasteiger partial charge is 0.387 e. The average molecular weight is 256 g/mol. The van der Waals surface area contributed by atoms with Gasteiger partial charge in [-0.3, -0.25) is 0 Å². The van der Waals surface area contributed by atoms with Crippen molar-refractivity contribution >= 4 is 5.69 Å². The molecule has 0 spiro atoms. The highest BCUT2D eigenvalue weighted by molar-refractivity contribution is 5.57. The molecule has 1 saturated carbocycles.